The molecule has 5 nitrogen and oxygen atoms in total. The van der Waals surface area contributed by atoms with Gasteiger partial charge in [-0.05, 0) is 12.1 Å². The van der Waals surface area contributed by atoms with Gasteiger partial charge in [0.2, 0.25) is 0 Å². The topological polar surface area (TPSA) is 68.0 Å². The molecule has 0 saturated heterocycles. The molecular formula is C16H10Cl3N3O2. The van der Waals surface area contributed by atoms with Crippen molar-refractivity contribution in [3.05, 3.63) is 69.1 Å². The van der Waals surface area contributed by atoms with E-state index in [-0.39, 0.29) is 17.3 Å². The summed E-state index contributed by atoms with van der Waals surface area (Å²) in [7, 11) is 0. The van der Waals surface area contributed by atoms with Crippen LogP contribution in [-0.4, -0.2) is 16.0 Å². The van der Waals surface area contributed by atoms with Gasteiger partial charge < -0.3 is 9.84 Å². The lowest BCUT2D eigenvalue weighted by Crippen LogP contribution is -2.23. The van der Waals surface area contributed by atoms with Crippen LogP contribution in [0.2, 0.25) is 15.2 Å². The van der Waals surface area contributed by atoms with E-state index in [1.54, 1.807) is 12.1 Å². The average molecular weight is 383 g/mol. The SMILES string of the molecule is O=C(NCc1cc(-c2ccccc2Cl)no1)c1cc(Cl)cnc1Cl. The molecule has 3 aromatic rings. The maximum Gasteiger partial charge on any atom is 0.254 e. The predicted molar refractivity (Wildman–Crippen MR) is 92.4 cm³/mol. The highest BCUT2D eigenvalue weighted by molar-refractivity contribution is 6.34. The number of hydrogen-bond acceptors (Lipinski definition) is 4. The molecule has 1 aromatic carbocycles. The number of benzene rings is 1. The number of carbonyl (C=O) groups excluding carboxylic acids is 1. The van der Waals surface area contributed by atoms with Crippen LogP contribution in [0, 0.1) is 0 Å². The Labute approximate surface area is 152 Å². The summed E-state index contributed by atoms with van der Waals surface area (Å²) in [5, 5.41) is 7.60. The molecule has 0 aliphatic carbocycles. The lowest BCUT2D eigenvalue weighted by Gasteiger charge is -2.04. The summed E-state index contributed by atoms with van der Waals surface area (Å²) >= 11 is 17.8. The van der Waals surface area contributed by atoms with Crippen LogP contribution >= 0.6 is 34.8 Å². The number of nitrogens with zero attached hydrogens (tertiary/aromatic N) is 2. The molecule has 1 N–H and O–H groups in total. The molecule has 0 atom stereocenters. The van der Waals surface area contributed by atoms with Crippen molar-refractivity contribution < 1.29 is 9.32 Å². The molecule has 24 heavy (non-hydrogen) atoms. The van der Waals surface area contributed by atoms with Crippen LogP contribution in [0.5, 0.6) is 0 Å². The zero-order valence-corrected chi connectivity index (χ0v) is 14.4. The summed E-state index contributed by atoms with van der Waals surface area (Å²) in [6.07, 6.45) is 1.37. The van der Waals surface area contributed by atoms with E-state index in [0.29, 0.717) is 21.5 Å². The molecule has 0 aliphatic rings. The van der Waals surface area contributed by atoms with Gasteiger partial charge in [0.05, 0.1) is 22.2 Å². The number of rotatable bonds is 4. The van der Waals surface area contributed by atoms with Gasteiger partial charge in [0.25, 0.3) is 5.91 Å². The zero-order valence-electron chi connectivity index (χ0n) is 12.1. The molecule has 122 valence electrons. The van der Waals surface area contributed by atoms with E-state index >= 15 is 0 Å². The Bertz CT molecular complexity index is 896. The maximum atomic E-state index is 12.1. The third-order valence-electron chi connectivity index (χ3n) is 3.18. The minimum Gasteiger partial charge on any atom is -0.359 e. The van der Waals surface area contributed by atoms with E-state index in [2.05, 4.69) is 15.5 Å². The third-order valence-corrected chi connectivity index (χ3v) is 4.02. The summed E-state index contributed by atoms with van der Waals surface area (Å²) in [4.78, 5) is 16.0. The molecule has 8 heteroatoms. The highest BCUT2D eigenvalue weighted by atomic mass is 35.5. The lowest BCUT2D eigenvalue weighted by atomic mass is 10.1. The van der Waals surface area contributed by atoms with E-state index in [4.69, 9.17) is 39.3 Å². The van der Waals surface area contributed by atoms with Gasteiger partial charge >= 0.3 is 0 Å². The van der Waals surface area contributed by atoms with Crippen molar-refractivity contribution in [3.8, 4) is 11.3 Å². The molecule has 3 rings (SSSR count). The molecule has 2 heterocycles. The lowest BCUT2D eigenvalue weighted by molar-refractivity contribution is 0.0947. The highest BCUT2D eigenvalue weighted by Gasteiger charge is 2.14. The normalized spacial score (nSPS) is 10.6. The second-order valence-corrected chi connectivity index (χ2v) is 6.03. The second kappa shape index (κ2) is 7.21. The van der Waals surface area contributed by atoms with E-state index in [1.807, 2.05) is 18.2 Å². The molecule has 0 fully saturated rings. The van der Waals surface area contributed by atoms with Crippen molar-refractivity contribution in [3.63, 3.8) is 0 Å². The van der Waals surface area contributed by atoms with Crippen molar-refractivity contribution in [2.24, 2.45) is 0 Å². The first-order valence-corrected chi connectivity index (χ1v) is 7.97. The molecule has 0 radical (unpaired) electrons. The number of pyridine rings is 1. The van der Waals surface area contributed by atoms with Gasteiger partial charge in [0.15, 0.2) is 5.76 Å². The fourth-order valence-electron chi connectivity index (χ4n) is 2.04. The van der Waals surface area contributed by atoms with E-state index in [0.717, 1.165) is 5.56 Å². The summed E-state index contributed by atoms with van der Waals surface area (Å²) in [5.74, 6) is 0.0649. The fraction of sp³-hybridized carbons (Fsp3) is 0.0625. The van der Waals surface area contributed by atoms with Gasteiger partial charge in [-0.1, -0.05) is 58.2 Å². The number of amides is 1. The Morgan fingerprint density at radius 3 is 2.75 bits per heavy atom. The number of hydrogen-bond donors (Lipinski definition) is 1. The highest BCUT2D eigenvalue weighted by Crippen LogP contribution is 2.27. The Hall–Kier alpha value is -2.08. The van der Waals surface area contributed by atoms with Crippen molar-refractivity contribution in [1.82, 2.24) is 15.5 Å². The van der Waals surface area contributed by atoms with Crippen molar-refractivity contribution in [1.29, 1.82) is 0 Å². The Balaban J connectivity index is 1.71. The number of aromatic nitrogens is 2. The predicted octanol–water partition coefficient (Wildman–Crippen LogP) is 4.63. The van der Waals surface area contributed by atoms with E-state index < -0.39 is 5.91 Å². The average Bonchev–Trinajstić information content (AvgIpc) is 3.04. The summed E-state index contributed by atoms with van der Waals surface area (Å²) in [6.45, 7) is 0.138. The van der Waals surface area contributed by atoms with E-state index in [9.17, 15) is 4.79 Å². The second-order valence-electron chi connectivity index (χ2n) is 4.83. The molecule has 0 bridgehead atoms. The largest absolute Gasteiger partial charge is 0.359 e. The first-order chi connectivity index (χ1) is 11.5. The molecule has 0 saturated carbocycles. The van der Waals surface area contributed by atoms with Crippen LogP contribution in [0.25, 0.3) is 11.3 Å². The van der Waals surface area contributed by atoms with Gasteiger partial charge in [0.1, 0.15) is 10.8 Å². The van der Waals surface area contributed by atoms with Crippen LogP contribution in [0.15, 0.2) is 47.1 Å². The monoisotopic (exact) mass is 381 g/mol. The number of nitrogens with one attached hydrogen (secondary N) is 1. The molecule has 0 unspecified atom stereocenters. The molecule has 0 spiro atoms. The zero-order chi connectivity index (χ0) is 17.1. The number of carbonyl (C=O) groups is 1. The molecule has 1 amide bonds. The van der Waals surface area contributed by atoms with Crippen molar-refractivity contribution in [2.75, 3.05) is 0 Å². The van der Waals surface area contributed by atoms with E-state index in [1.165, 1.54) is 12.3 Å². The molecule has 0 aliphatic heterocycles. The van der Waals surface area contributed by atoms with Crippen molar-refractivity contribution in [2.45, 2.75) is 6.54 Å². The van der Waals surface area contributed by atoms with Gasteiger partial charge in [-0.15, -0.1) is 0 Å². The van der Waals surface area contributed by atoms with Crippen LogP contribution < -0.4 is 5.32 Å². The first-order valence-electron chi connectivity index (χ1n) is 6.84. The maximum absolute atomic E-state index is 12.1. The van der Waals surface area contributed by atoms with Gasteiger partial charge in [-0.3, -0.25) is 4.79 Å². The smallest absolute Gasteiger partial charge is 0.254 e. The fourth-order valence-corrected chi connectivity index (χ4v) is 2.62. The number of halogens is 3. The van der Waals surface area contributed by atoms with Gasteiger partial charge in [-0.25, -0.2) is 4.98 Å². The standard InChI is InChI=1S/C16H10Cl3N3O2/c17-9-5-12(15(19)20-7-9)16(23)21-8-10-6-14(22-24-10)11-3-1-2-4-13(11)18/h1-7H,8H2,(H,21,23). The van der Waals surface area contributed by atoms with Crippen molar-refractivity contribution >= 4 is 40.7 Å². The third kappa shape index (κ3) is 3.70. The summed E-state index contributed by atoms with van der Waals surface area (Å²) < 4.78 is 5.22. The summed E-state index contributed by atoms with van der Waals surface area (Å²) in [6, 6.07) is 10.4. The van der Waals surface area contributed by atoms with Crippen LogP contribution in [-0.2, 0) is 6.54 Å². The summed E-state index contributed by atoms with van der Waals surface area (Å²) in [5.41, 5.74) is 1.53. The minimum absolute atomic E-state index is 0.0752. The quantitative estimate of drug-likeness (QED) is 0.668. The Morgan fingerprint density at radius 1 is 1.17 bits per heavy atom. The Morgan fingerprint density at radius 2 is 1.96 bits per heavy atom. The van der Waals surface area contributed by atoms with Crippen LogP contribution in [0.3, 0.4) is 0 Å². The van der Waals surface area contributed by atoms with Crippen LogP contribution in [0.4, 0.5) is 0 Å². The Kier molecular flexibility index (Phi) is 5.04. The minimum atomic E-state index is -0.411. The van der Waals surface area contributed by atoms with Gasteiger partial charge in [-0.2, -0.15) is 0 Å². The van der Waals surface area contributed by atoms with Gasteiger partial charge in [0, 0.05) is 17.8 Å². The molecular weight excluding hydrogens is 373 g/mol. The molecule has 2 aromatic heterocycles. The first kappa shape index (κ1) is 16.8. The van der Waals surface area contributed by atoms with Crippen LogP contribution in [0.1, 0.15) is 16.1 Å².